The standard InChI is InChI=1S/C36H35NO5/c1-24-10-11-26(20-25(24)2)33(38)23-41-35(40)27-21-34(39)37(22-27)30-14-18-32(19-15-30)42-31-16-12-29(13-17-31)36(3,4)28-8-6-5-7-9-28/h5-20,27H,21-23H2,1-4H3/t27-/m1/s1. The van der Waals surface area contributed by atoms with Gasteiger partial charge in [-0.1, -0.05) is 68.4 Å². The molecule has 0 N–H and O–H groups in total. The molecule has 1 atom stereocenters. The van der Waals surface area contributed by atoms with Crippen LogP contribution in [0.4, 0.5) is 5.69 Å². The van der Waals surface area contributed by atoms with E-state index in [1.54, 1.807) is 41.3 Å². The number of anilines is 1. The summed E-state index contributed by atoms with van der Waals surface area (Å²) in [6.45, 7) is 8.16. The van der Waals surface area contributed by atoms with Crippen LogP contribution in [0.3, 0.4) is 0 Å². The highest BCUT2D eigenvalue weighted by Gasteiger charge is 2.36. The van der Waals surface area contributed by atoms with E-state index in [4.69, 9.17) is 9.47 Å². The summed E-state index contributed by atoms with van der Waals surface area (Å²) in [5, 5.41) is 0. The van der Waals surface area contributed by atoms with Crippen LogP contribution in [0.1, 0.15) is 52.9 Å². The van der Waals surface area contributed by atoms with Crippen molar-refractivity contribution in [3.63, 3.8) is 0 Å². The number of rotatable bonds is 9. The molecule has 42 heavy (non-hydrogen) atoms. The molecule has 1 fully saturated rings. The maximum atomic E-state index is 12.7. The first-order valence-corrected chi connectivity index (χ1v) is 14.1. The number of nitrogens with zero attached hydrogens (tertiary/aromatic N) is 1. The van der Waals surface area contributed by atoms with Gasteiger partial charge in [-0.05, 0) is 78.6 Å². The highest BCUT2D eigenvalue weighted by atomic mass is 16.5. The molecular formula is C36H35NO5. The fourth-order valence-electron chi connectivity index (χ4n) is 5.16. The van der Waals surface area contributed by atoms with Crippen LogP contribution in [0.25, 0.3) is 0 Å². The molecule has 1 heterocycles. The number of carbonyl (C=O) groups is 3. The topological polar surface area (TPSA) is 72.9 Å². The zero-order valence-corrected chi connectivity index (χ0v) is 24.4. The lowest BCUT2D eigenvalue weighted by Gasteiger charge is -2.26. The van der Waals surface area contributed by atoms with Crippen molar-refractivity contribution in [1.82, 2.24) is 0 Å². The summed E-state index contributed by atoms with van der Waals surface area (Å²) >= 11 is 0. The highest BCUT2D eigenvalue weighted by Crippen LogP contribution is 2.34. The third-order valence-electron chi connectivity index (χ3n) is 8.09. The Bertz CT molecular complexity index is 1590. The van der Waals surface area contributed by atoms with Crippen molar-refractivity contribution >= 4 is 23.3 Å². The first-order valence-electron chi connectivity index (χ1n) is 14.1. The Morgan fingerprint density at radius 2 is 1.43 bits per heavy atom. The van der Waals surface area contributed by atoms with Gasteiger partial charge in [0.05, 0.1) is 5.92 Å². The predicted molar refractivity (Wildman–Crippen MR) is 163 cm³/mol. The fraction of sp³-hybridized carbons (Fsp3) is 0.250. The quantitative estimate of drug-likeness (QED) is 0.160. The number of hydrogen-bond donors (Lipinski definition) is 0. The van der Waals surface area contributed by atoms with Crippen molar-refractivity contribution in [2.75, 3.05) is 18.1 Å². The molecule has 1 aliphatic rings. The van der Waals surface area contributed by atoms with Gasteiger partial charge in [0.25, 0.3) is 0 Å². The molecule has 0 aromatic heterocycles. The second-order valence-corrected chi connectivity index (χ2v) is 11.3. The van der Waals surface area contributed by atoms with E-state index in [1.165, 1.54) is 11.1 Å². The lowest BCUT2D eigenvalue weighted by atomic mass is 9.78. The maximum absolute atomic E-state index is 12.7. The Kier molecular flexibility index (Phi) is 8.25. The molecule has 4 aromatic rings. The van der Waals surface area contributed by atoms with Gasteiger partial charge in [-0.25, -0.2) is 0 Å². The van der Waals surface area contributed by atoms with Gasteiger partial charge in [0.2, 0.25) is 5.91 Å². The number of esters is 1. The van der Waals surface area contributed by atoms with Crippen LogP contribution in [-0.4, -0.2) is 30.8 Å². The van der Waals surface area contributed by atoms with Crippen molar-refractivity contribution in [2.45, 2.75) is 39.5 Å². The van der Waals surface area contributed by atoms with Crippen LogP contribution in [0.2, 0.25) is 0 Å². The van der Waals surface area contributed by atoms with Gasteiger partial charge in [-0.3, -0.25) is 14.4 Å². The summed E-state index contributed by atoms with van der Waals surface area (Å²) in [6.07, 6.45) is 0.0423. The van der Waals surface area contributed by atoms with E-state index in [-0.39, 0.29) is 36.7 Å². The summed E-state index contributed by atoms with van der Waals surface area (Å²) in [5.41, 5.74) is 5.56. The second-order valence-electron chi connectivity index (χ2n) is 11.3. The van der Waals surface area contributed by atoms with Crippen LogP contribution in [0, 0.1) is 19.8 Å². The molecular weight excluding hydrogens is 526 g/mol. The predicted octanol–water partition coefficient (Wildman–Crippen LogP) is 7.20. The normalized spacial score (nSPS) is 15.0. The molecule has 6 heteroatoms. The van der Waals surface area contributed by atoms with Crippen molar-refractivity contribution in [3.8, 4) is 11.5 Å². The molecule has 0 spiro atoms. The van der Waals surface area contributed by atoms with Crippen molar-refractivity contribution < 1.29 is 23.9 Å². The molecule has 214 valence electrons. The van der Waals surface area contributed by atoms with E-state index >= 15 is 0 Å². The summed E-state index contributed by atoms with van der Waals surface area (Å²) < 4.78 is 11.3. The van der Waals surface area contributed by atoms with Crippen molar-refractivity contribution in [2.24, 2.45) is 5.92 Å². The Morgan fingerprint density at radius 3 is 2.07 bits per heavy atom. The van der Waals surface area contributed by atoms with Crippen LogP contribution in [-0.2, 0) is 19.7 Å². The molecule has 6 nitrogen and oxygen atoms in total. The van der Waals surface area contributed by atoms with Crippen LogP contribution < -0.4 is 9.64 Å². The molecule has 0 saturated carbocycles. The molecule has 1 amide bonds. The minimum Gasteiger partial charge on any atom is -0.457 e. The number of hydrogen-bond acceptors (Lipinski definition) is 5. The summed E-state index contributed by atoms with van der Waals surface area (Å²) in [5.74, 6) is -0.242. The van der Waals surface area contributed by atoms with E-state index in [0.29, 0.717) is 22.7 Å². The lowest BCUT2D eigenvalue weighted by Crippen LogP contribution is -2.27. The molecule has 4 aromatic carbocycles. The summed E-state index contributed by atoms with van der Waals surface area (Å²) in [6, 6.07) is 31.1. The second kappa shape index (κ2) is 12.0. The molecule has 1 saturated heterocycles. The number of amides is 1. The largest absolute Gasteiger partial charge is 0.457 e. The SMILES string of the molecule is Cc1ccc(C(=O)COC(=O)[C@@H]2CC(=O)N(c3ccc(Oc4ccc(C(C)(C)c5ccccc5)cc4)cc3)C2)cc1C. The molecule has 1 aliphatic heterocycles. The lowest BCUT2D eigenvalue weighted by molar-refractivity contribution is -0.147. The van der Waals surface area contributed by atoms with E-state index in [2.05, 4.69) is 50.2 Å². The zero-order valence-electron chi connectivity index (χ0n) is 24.4. The highest BCUT2D eigenvalue weighted by molar-refractivity contribution is 6.01. The molecule has 0 bridgehead atoms. The summed E-state index contributed by atoms with van der Waals surface area (Å²) in [7, 11) is 0. The minimum absolute atomic E-state index is 0.0423. The van der Waals surface area contributed by atoms with Crippen molar-refractivity contribution in [3.05, 3.63) is 125 Å². The third-order valence-corrected chi connectivity index (χ3v) is 8.09. The van der Waals surface area contributed by atoms with E-state index < -0.39 is 11.9 Å². The molecule has 0 unspecified atom stereocenters. The number of benzene rings is 4. The molecule has 0 radical (unpaired) electrons. The third kappa shape index (κ3) is 6.28. The van der Waals surface area contributed by atoms with Crippen LogP contribution in [0.5, 0.6) is 11.5 Å². The Balaban J connectivity index is 1.16. The first-order chi connectivity index (χ1) is 20.1. The van der Waals surface area contributed by atoms with Crippen molar-refractivity contribution in [1.29, 1.82) is 0 Å². The van der Waals surface area contributed by atoms with Gasteiger partial charge < -0.3 is 14.4 Å². The summed E-state index contributed by atoms with van der Waals surface area (Å²) in [4.78, 5) is 39.5. The average Bonchev–Trinajstić information content (AvgIpc) is 3.39. The van der Waals surface area contributed by atoms with Gasteiger partial charge >= 0.3 is 5.97 Å². The molecule has 0 aliphatic carbocycles. The van der Waals surface area contributed by atoms with E-state index in [9.17, 15) is 14.4 Å². The van der Waals surface area contributed by atoms with E-state index in [1.807, 2.05) is 38.1 Å². The van der Waals surface area contributed by atoms with Crippen LogP contribution >= 0.6 is 0 Å². The fourth-order valence-corrected chi connectivity index (χ4v) is 5.16. The van der Waals surface area contributed by atoms with Gasteiger partial charge in [0.15, 0.2) is 12.4 Å². The Labute approximate surface area is 246 Å². The monoisotopic (exact) mass is 561 g/mol. The molecule has 5 rings (SSSR count). The smallest absolute Gasteiger partial charge is 0.311 e. The number of carbonyl (C=O) groups excluding carboxylic acids is 3. The number of Topliss-reactive ketones (excluding diaryl/α,β-unsaturated/α-hetero) is 1. The van der Waals surface area contributed by atoms with Crippen LogP contribution in [0.15, 0.2) is 97.1 Å². The number of ether oxygens (including phenoxy) is 2. The average molecular weight is 562 g/mol. The van der Waals surface area contributed by atoms with Gasteiger partial charge in [-0.2, -0.15) is 0 Å². The zero-order chi connectivity index (χ0) is 29.9. The first kappa shape index (κ1) is 28.8. The van der Waals surface area contributed by atoms with Gasteiger partial charge in [0, 0.05) is 29.6 Å². The Hall–Kier alpha value is -4.71. The van der Waals surface area contributed by atoms with Gasteiger partial charge in [-0.15, -0.1) is 0 Å². The number of aryl methyl sites for hydroxylation is 2. The minimum atomic E-state index is -0.625. The van der Waals surface area contributed by atoms with Gasteiger partial charge in [0.1, 0.15) is 11.5 Å². The number of ketones is 1. The van der Waals surface area contributed by atoms with E-state index in [0.717, 1.165) is 11.1 Å². The maximum Gasteiger partial charge on any atom is 0.311 e. The Morgan fingerprint density at radius 1 is 0.810 bits per heavy atom.